The highest BCUT2D eigenvalue weighted by Crippen LogP contribution is 0.866. The van der Waals surface area contributed by atoms with Crippen LogP contribution >= 0.6 is 59.4 Å². The fourth-order valence-electron chi connectivity index (χ4n) is 0. The van der Waals surface area contributed by atoms with Crippen molar-refractivity contribution in [2.45, 2.75) is 0 Å². The van der Waals surface area contributed by atoms with Gasteiger partial charge in [0.15, 0.2) is 0 Å². The fraction of sp³-hybridized carbons (Fsp3) is 0. The second kappa shape index (κ2) is 72.2. The summed E-state index contributed by atoms with van der Waals surface area (Å²) in [5.74, 6) is 0. The van der Waals surface area contributed by atoms with Crippen LogP contribution in [0.3, 0.4) is 0 Å². The van der Waals surface area contributed by atoms with E-state index < -0.39 is 0 Å². The normalized spacial score (nSPS) is 0. The van der Waals surface area contributed by atoms with Crippen LogP contribution in [0.1, 0.15) is 0 Å². The summed E-state index contributed by atoms with van der Waals surface area (Å²) < 4.78 is 0. The monoisotopic (exact) mass is 215 g/mol. The Labute approximate surface area is 68.2 Å². The molecule has 3 radical (unpaired) electrons. The van der Waals surface area contributed by atoms with Crippen LogP contribution in [0, 0.1) is 0 Å². The molecule has 0 spiro atoms. The Hall–Kier alpha value is 2.64. The minimum absolute atomic E-state index is 0. The van der Waals surface area contributed by atoms with Gasteiger partial charge in [-0.15, -0.1) is 0 Å². The zero-order valence-electron chi connectivity index (χ0n) is 4.82. The van der Waals surface area contributed by atoms with Crippen molar-refractivity contribution < 1.29 is 0 Å². The third-order valence-electron chi connectivity index (χ3n) is 0. The fourth-order valence-corrected chi connectivity index (χ4v) is 0. The molecule has 0 fully saturated rings. The molecule has 6 unspecified atom stereocenters. The first-order valence-electron chi connectivity index (χ1n) is 0. The molecule has 0 saturated carbocycles. The van der Waals surface area contributed by atoms with E-state index in [1.54, 1.807) is 0 Å². The summed E-state index contributed by atoms with van der Waals surface area (Å²) in [4.78, 5) is 0. The van der Waals surface area contributed by atoms with E-state index in [2.05, 4.69) is 0 Å². The van der Waals surface area contributed by atoms with Gasteiger partial charge in [0, 0.05) is 8.41 Å². The van der Waals surface area contributed by atoms with Crippen molar-refractivity contribution in [1.29, 1.82) is 0 Å². The van der Waals surface area contributed by atoms with E-state index in [0.29, 0.717) is 0 Å². The Morgan fingerprint density at radius 3 is 0.286 bits per heavy atom. The van der Waals surface area contributed by atoms with E-state index in [-0.39, 0.29) is 67.8 Å². The Balaban J connectivity index is 0. The van der Waals surface area contributed by atoms with Crippen LogP contribution in [0.4, 0.5) is 0 Å². The summed E-state index contributed by atoms with van der Waals surface area (Å²) in [6, 6.07) is 0. The van der Waals surface area contributed by atoms with Gasteiger partial charge >= 0.3 is 0 Å². The summed E-state index contributed by atoms with van der Waals surface area (Å²) in [5.41, 5.74) is 0. The molecule has 0 rings (SSSR count). The van der Waals surface area contributed by atoms with Gasteiger partial charge in [0.1, 0.15) is 0 Å². The number of rotatable bonds is 0. The molecule has 6 atom stereocenters. The first-order chi connectivity index (χ1) is 0. The first-order valence-corrected chi connectivity index (χ1v) is 0. The number of hydrogen-bond donors (Lipinski definition) is 0. The van der Waals surface area contributed by atoms with Gasteiger partial charge in [-0.3, -0.25) is 0 Å². The van der Waals surface area contributed by atoms with Crippen molar-refractivity contribution in [1.82, 2.24) is 0 Å². The minimum atomic E-state index is 0. The Kier molecular flexibility index (Phi) is 1060. The molecule has 0 aromatic carbocycles. The van der Waals surface area contributed by atoms with Crippen LogP contribution in [0.5, 0.6) is 0 Å². The van der Waals surface area contributed by atoms with E-state index in [1.165, 1.54) is 0 Å². The zero-order chi connectivity index (χ0) is 0. The largest absolute Gasteiger partial charge is 0.153 e. The van der Waals surface area contributed by atoms with E-state index in [0.717, 1.165) is 0 Å². The van der Waals surface area contributed by atoms with Crippen LogP contribution in [0.15, 0.2) is 0 Å². The second-order valence-corrected chi connectivity index (χ2v) is 0. The maximum Gasteiger partial charge on any atom is 0 e. The Morgan fingerprint density at radius 1 is 0.286 bits per heavy atom. The van der Waals surface area contributed by atoms with Crippen LogP contribution < -0.4 is 0 Å². The standard InChI is InChI=1S/B.6H3P/h;6*1H3. The van der Waals surface area contributed by atoms with Crippen molar-refractivity contribution in [3.05, 3.63) is 0 Å². The van der Waals surface area contributed by atoms with Gasteiger partial charge in [0.2, 0.25) is 0 Å². The molecule has 51 valence electrons. The smallest absolute Gasteiger partial charge is 0 e. The molecule has 0 bridgehead atoms. The molecule has 0 aliphatic heterocycles. The maximum absolute atomic E-state index is 0. The molecule has 0 nitrogen and oxygen atoms in total. The highest BCUT2D eigenvalue weighted by Gasteiger charge is 0.0000404. The average molecular weight is 215 g/mol. The van der Waals surface area contributed by atoms with Gasteiger partial charge in [-0.25, -0.2) is 0 Å². The first kappa shape index (κ1) is 103. The van der Waals surface area contributed by atoms with E-state index in [1.807, 2.05) is 0 Å². The highest BCUT2D eigenvalue weighted by molar-refractivity contribution is 6.93. The predicted molar refractivity (Wildman–Crippen MR) is 72.4 cm³/mol. The average Bonchev–Trinajstić information content (AvgIpc) is 0. The van der Waals surface area contributed by atoms with Gasteiger partial charge in [-0.1, -0.05) is 0 Å². The summed E-state index contributed by atoms with van der Waals surface area (Å²) >= 11 is 0. The van der Waals surface area contributed by atoms with E-state index in [9.17, 15) is 0 Å². The lowest BCUT2D eigenvalue weighted by atomic mass is 10.8. The van der Waals surface area contributed by atoms with Crippen molar-refractivity contribution in [2.24, 2.45) is 0 Å². The van der Waals surface area contributed by atoms with Gasteiger partial charge < -0.3 is 0 Å². The molecule has 0 amide bonds. The van der Waals surface area contributed by atoms with Gasteiger partial charge in [0.05, 0.1) is 0 Å². The molecule has 0 N–H and O–H groups in total. The maximum atomic E-state index is 0. The molecular formula is H18BP6. The third kappa shape index (κ3) is 54.6. The summed E-state index contributed by atoms with van der Waals surface area (Å²) in [6.07, 6.45) is 0. The quantitative estimate of drug-likeness (QED) is 0.393. The van der Waals surface area contributed by atoms with Gasteiger partial charge in [-0.2, -0.15) is 59.4 Å². The van der Waals surface area contributed by atoms with Crippen LogP contribution in [-0.2, 0) is 0 Å². The van der Waals surface area contributed by atoms with Crippen LogP contribution in [0.25, 0.3) is 0 Å². The third-order valence-corrected chi connectivity index (χ3v) is 0. The molecule has 0 aromatic rings. The topological polar surface area (TPSA) is 0 Å². The van der Waals surface area contributed by atoms with Crippen LogP contribution in [0.2, 0.25) is 0 Å². The van der Waals surface area contributed by atoms with Crippen molar-refractivity contribution >= 4 is 67.8 Å². The lowest BCUT2D eigenvalue weighted by molar-refractivity contribution is 5.75. The summed E-state index contributed by atoms with van der Waals surface area (Å²) in [5, 5.41) is 0. The molecule has 0 heterocycles. The zero-order valence-corrected chi connectivity index (χ0v) is 13.3. The molecular weight excluding hydrogens is 197 g/mol. The SMILES string of the molecule is P.P.P.P.P.P.[B]. The van der Waals surface area contributed by atoms with Crippen molar-refractivity contribution in [2.75, 3.05) is 0 Å². The van der Waals surface area contributed by atoms with Crippen molar-refractivity contribution in [3.8, 4) is 0 Å². The molecule has 7 heteroatoms. The van der Waals surface area contributed by atoms with Crippen LogP contribution in [-0.4, -0.2) is 8.41 Å². The predicted octanol–water partition coefficient (Wildman–Crippen LogP) is -0.0322. The second-order valence-electron chi connectivity index (χ2n) is 0. The summed E-state index contributed by atoms with van der Waals surface area (Å²) in [7, 11) is 0. The lowest BCUT2D eigenvalue weighted by Crippen LogP contribution is -0.381. The molecule has 0 aromatic heterocycles. The number of hydrogen-bond acceptors (Lipinski definition) is 0. The minimum Gasteiger partial charge on any atom is -0.153 e. The Bertz CT molecular complexity index is 4.14. The van der Waals surface area contributed by atoms with Crippen molar-refractivity contribution in [3.63, 3.8) is 0 Å². The molecule has 0 saturated heterocycles. The molecule has 0 aliphatic rings. The van der Waals surface area contributed by atoms with Gasteiger partial charge in [0.25, 0.3) is 0 Å². The van der Waals surface area contributed by atoms with E-state index >= 15 is 0 Å². The molecule has 0 aliphatic carbocycles. The Morgan fingerprint density at radius 2 is 0.286 bits per heavy atom. The van der Waals surface area contributed by atoms with E-state index in [4.69, 9.17) is 0 Å². The summed E-state index contributed by atoms with van der Waals surface area (Å²) in [6.45, 7) is 0. The van der Waals surface area contributed by atoms with Gasteiger partial charge in [-0.05, 0) is 0 Å². The highest BCUT2D eigenvalue weighted by atomic mass is 31.0. The lowest BCUT2D eigenvalue weighted by Gasteiger charge is -0.154. The molecule has 7 heavy (non-hydrogen) atoms.